The molecule has 31 heavy (non-hydrogen) atoms. The number of aliphatic hydroxyl groups excluding tert-OH is 3. The average Bonchev–Trinajstić information content (AvgIpc) is 3.33. The summed E-state index contributed by atoms with van der Waals surface area (Å²) in [4.78, 5) is 15.4. The van der Waals surface area contributed by atoms with Crippen molar-refractivity contribution in [2.45, 2.75) is 44.3 Å². The van der Waals surface area contributed by atoms with Crippen LogP contribution in [-0.2, 0) is 4.74 Å². The van der Waals surface area contributed by atoms with Crippen LogP contribution in [-0.4, -0.2) is 72.8 Å². The second kappa shape index (κ2) is 8.75. The van der Waals surface area contributed by atoms with Crippen LogP contribution in [0.15, 0.2) is 36.7 Å². The minimum atomic E-state index is -1.24. The topological polar surface area (TPSA) is 143 Å². The van der Waals surface area contributed by atoms with E-state index in [9.17, 15) is 15.3 Å². The predicted molar refractivity (Wildman–Crippen MR) is 115 cm³/mol. The maximum absolute atomic E-state index is 10.4. The molecule has 10 heteroatoms. The minimum Gasteiger partial charge on any atom is -0.394 e. The van der Waals surface area contributed by atoms with Crippen molar-refractivity contribution in [2.24, 2.45) is 0 Å². The largest absolute Gasteiger partial charge is 0.394 e. The number of hydrogen-bond acceptors (Lipinski definition) is 9. The number of hydrogen-bond donors (Lipinski definition) is 4. The molecule has 5 N–H and O–H groups in total. The van der Waals surface area contributed by atoms with Gasteiger partial charge in [-0.2, -0.15) is 9.97 Å². The molecule has 166 valence electrons. The SMILES string of the molecule is CCN(C[C@@H](C)c1ccccc1)c1nc(N)c2ncn([C@@H]3O[C@H](CO)[C@@H](O)[C@H]3O)c2n1. The first-order valence-electron chi connectivity index (χ1n) is 10.4. The van der Waals surface area contributed by atoms with E-state index in [1.165, 1.54) is 16.5 Å². The monoisotopic (exact) mass is 428 g/mol. The number of benzene rings is 1. The van der Waals surface area contributed by atoms with Gasteiger partial charge in [-0.15, -0.1) is 0 Å². The van der Waals surface area contributed by atoms with Crippen LogP contribution in [0, 0.1) is 0 Å². The van der Waals surface area contributed by atoms with Crippen LogP contribution in [0.4, 0.5) is 11.8 Å². The van der Waals surface area contributed by atoms with Crippen LogP contribution in [0.2, 0.25) is 0 Å². The molecule has 1 aromatic carbocycles. The second-order valence-corrected chi connectivity index (χ2v) is 7.81. The van der Waals surface area contributed by atoms with Gasteiger partial charge in [0.2, 0.25) is 5.95 Å². The van der Waals surface area contributed by atoms with Crippen LogP contribution >= 0.6 is 0 Å². The fraction of sp³-hybridized carbons (Fsp3) is 0.476. The number of rotatable bonds is 7. The van der Waals surface area contributed by atoms with Gasteiger partial charge in [-0.25, -0.2) is 4.98 Å². The molecule has 0 unspecified atom stereocenters. The highest BCUT2D eigenvalue weighted by Gasteiger charge is 2.44. The average molecular weight is 428 g/mol. The Morgan fingerprint density at radius 1 is 1.19 bits per heavy atom. The molecule has 1 aliphatic heterocycles. The summed E-state index contributed by atoms with van der Waals surface area (Å²) in [6.45, 7) is 5.11. The summed E-state index contributed by atoms with van der Waals surface area (Å²) in [5.74, 6) is 0.909. The molecule has 3 aromatic rings. The first-order chi connectivity index (χ1) is 14.9. The summed E-state index contributed by atoms with van der Waals surface area (Å²) in [5.41, 5.74) is 8.16. The molecule has 0 spiro atoms. The molecule has 4 rings (SSSR count). The van der Waals surface area contributed by atoms with Crippen LogP contribution in [0.3, 0.4) is 0 Å². The van der Waals surface area contributed by atoms with Gasteiger partial charge in [0.15, 0.2) is 17.7 Å². The third kappa shape index (κ3) is 3.94. The first-order valence-corrected chi connectivity index (χ1v) is 10.4. The van der Waals surface area contributed by atoms with Gasteiger partial charge in [0.1, 0.15) is 23.8 Å². The third-order valence-corrected chi connectivity index (χ3v) is 5.76. The van der Waals surface area contributed by atoms with Gasteiger partial charge < -0.3 is 30.7 Å². The van der Waals surface area contributed by atoms with Crippen molar-refractivity contribution in [3.05, 3.63) is 42.2 Å². The highest BCUT2D eigenvalue weighted by molar-refractivity contribution is 5.83. The fourth-order valence-electron chi connectivity index (χ4n) is 3.93. The summed E-state index contributed by atoms with van der Waals surface area (Å²) in [7, 11) is 0. The van der Waals surface area contributed by atoms with Gasteiger partial charge in [0.25, 0.3) is 0 Å². The molecule has 0 amide bonds. The van der Waals surface area contributed by atoms with Gasteiger partial charge in [0, 0.05) is 13.1 Å². The van der Waals surface area contributed by atoms with Crippen LogP contribution in [0.25, 0.3) is 11.2 Å². The molecule has 0 bridgehead atoms. The standard InChI is InChI=1S/C21H28N6O4/c1-3-26(9-12(2)13-7-5-4-6-8-13)21-24-18(22)15-19(25-21)27(11-23-15)20-17(30)16(29)14(10-28)31-20/h4-8,11-12,14,16-17,20,28-30H,3,9-10H2,1-2H3,(H2,22,24,25)/t12-,14-,16-,17-,20-/m1/s1. The van der Waals surface area contributed by atoms with Crippen molar-refractivity contribution >= 4 is 22.9 Å². The van der Waals surface area contributed by atoms with Gasteiger partial charge >= 0.3 is 0 Å². The zero-order valence-corrected chi connectivity index (χ0v) is 17.5. The highest BCUT2D eigenvalue weighted by atomic mass is 16.6. The Morgan fingerprint density at radius 2 is 1.94 bits per heavy atom. The number of fused-ring (bicyclic) bond motifs is 1. The number of nitrogens with two attached hydrogens (primary N) is 1. The van der Waals surface area contributed by atoms with E-state index in [0.29, 0.717) is 30.2 Å². The minimum absolute atomic E-state index is 0.219. The number of anilines is 2. The molecule has 0 saturated carbocycles. The summed E-state index contributed by atoms with van der Waals surface area (Å²) in [6.07, 6.45) is -2.85. The third-order valence-electron chi connectivity index (χ3n) is 5.76. The Bertz CT molecular complexity index is 1030. The van der Waals surface area contributed by atoms with E-state index in [0.717, 1.165) is 0 Å². The van der Waals surface area contributed by atoms with E-state index >= 15 is 0 Å². The molecule has 2 aromatic heterocycles. The molecule has 1 aliphatic rings. The number of imidazole rings is 1. The predicted octanol–water partition coefficient (Wildman–Crippen LogP) is 0.650. The quantitative estimate of drug-likeness (QED) is 0.426. The van der Waals surface area contributed by atoms with Crippen LogP contribution < -0.4 is 10.6 Å². The lowest BCUT2D eigenvalue weighted by molar-refractivity contribution is -0.0511. The van der Waals surface area contributed by atoms with Crippen molar-refractivity contribution in [3.63, 3.8) is 0 Å². The van der Waals surface area contributed by atoms with E-state index in [2.05, 4.69) is 34.0 Å². The Labute approximate surface area is 179 Å². The van der Waals surface area contributed by atoms with Gasteiger partial charge in [-0.3, -0.25) is 4.57 Å². The normalized spacial score (nSPS) is 24.5. The first kappa shape index (κ1) is 21.4. The number of nitrogens with zero attached hydrogens (tertiary/aromatic N) is 5. The van der Waals surface area contributed by atoms with Crippen molar-refractivity contribution in [3.8, 4) is 0 Å². The van der Waals surface area contributed by atoms with Crippen LogP contribution in [0.1, 0.15) is 31.6 Å². The number of likely N-dealkylation sites (N-methyl/N-ethyl adjacent to an activating group) is 1. The van der Waals surface area contributed by atoms with Crippen molar-refractivity contribution < 1.29 is 20.1 Å². The molecular weight excluding hydrogens is 400 g/mol. The van der Waals surface area contributed by atoms with Crippen molar-refractivity contribution in [2.75, 3.05) is 30.3 Å². The summed E-state index contributed by atoms with van der Waals surface area (Å²) < 4.78 is 7.16. The van der Waals surface area contributed by atoms with Gasteiger partial charge in [-0.1, -0.05) is 37.3 Å². The Hall–Kier alpha value is -2.79. The zero-order valence-electron chi connectivity index (χ0n) is 17.5. The fourth-order valence-corrected chi connectivity index (χ4v) is 3.93. The molecule has 3 heterocycles. The molecule has 1 saturated heterocycles. The number of ether oxygens (including phenoxy) is 1. The lowest BCUT2D eigenvalue weighted by atomic mass is 10.0. The molecule has 0 radical (unpaired) electrons. The van der Waals surface area contributed by atoms with E-state index in [1.807, 2.05) is 30.0 Å². The van der Waals surface area contributed by atoms with E-state index in [1.54, 1.807) is 0 Å². The molecular formula is C21H28N6O4. The smallest absolute Gasteiger partial charge is 0.229 e. The lowest BCUT2D eigenvalue weighted by Gasteiger charge is -2.25. The number of aromatic nitrogens is 4. The van der Waals surface area contributed by atoms with Crippen molar-refractivity contribution in [1.29, 1.82) is 0 Å². The molecule has 10 nitrogen and oxygen atoms in total. The number of nitrogen functional groups attached to an aromatic ring is 1. The van der Waals surface area contributed by atoms with E-state index < -0.39 is 31.1 Å². The van der Waals surface area contributed by atoms with Crippen molar-refractivity contribution in [1.82, 2.24) is 19.5 Å². The Morgan fingerprint density at radius 3 is 2.58 bits per heavy atom. The molecule has 1 fully saturated rings. The number of aliphatic hydroxyl groups is 3. The lowest BCUT2D eigenvalue weighted by Crippen LogP contribution is -2.33. The second-order valence-electron chi connectivity index (χ2n) is 7.81. The van der Waals surface area contributed by atoms with Crippen LogP contribution in [0.5, 0.6) is 0 Å². The van der Waals surface area contributed by atoms with Gasteiger partial charge in [-0.05, 0) is 18.4 Å². The molecule has 0 aliphatic carbocycles. The van der Waals surface area contributed by atoms with Gasteiger partial charge in [0.05, 0.1) is 12.9 Å². The highest BCUT2D eigenvalue weighted by Crippen LogP contribution is 2.32. The maximum atomic E-state index is 10.4. The maximum Gasteiger partial charge on any atom is 0.229 e. The Kier molecular flexibility index (Phi) is 6.05. The van der Waals surface area contributed by atoms with E-state index in [4.69, 9.17) is 10.5 Å². The summed E-state index contributed by atoms with van der Waals surface area (Å²) in [6, 6.07) is 10.2. The summed E-state index contributed by atoms with van der Waals surface area (Å²) in [5, 5.41) is 29.9. The molecule has 5 atom stereocenters. The van der Waals surface area contributed by atoms with E-state index in [-0.39, 0.29) is 11.7 Å². The Balaban J connectivity index is 1.67. The zero-order chi connectivity index (χ0) is 22.1. The summed E-state index contributed by atoms with van der Waals surface area (Å²) >= 11 is 0.